The average molecular weight is 298 g/mol. The van der Waals surface area contributed by atoms with Crippen molar-refractivity contribution in [1.29, 1.82) is 0 Å². The third-order valence-corrected chi connectivity index (χ3v) is 4.09. The van der Waals surface area contributed by atoms with Crippen LogP contribution < -0.4 is 10.5 Å². The summed E-state index contributed by atoms with van der Waals surface area (Å²) in [5.74, 6) is 0.743. The minimum absolute atomic E-state index is 0.333. The van der Waals surface area contributed by atoms with Crippen molar-refractivity contribution in [2.45, 2.75) is 26.8 Å². The average Bonchev–Trinajstić information content (AvgIpc) is 2.49. The maximum atomic E-state index is 5.81. The van der Waals surface area contributed by atoms with Gasteiger partial charge in [0.2, 0.25) is 0 Å². The lowest BCUT2D eigenvalue weighted by molar-refractivity contribution is 0.312. The van der Waals surface area contributed by atoms with Gasteiger partial charge in [-0.1, -0.05) is 0 Å². The van der Waals surface area contributed by atoms with Crippen LogP contribution in [0.5, 0.6) is 5.88 Å². The van der Waals surface area contributed by atoms with Gasteiger partial charge in [0, 0.05) is 18.7 Å². The molecule has 3 rings (SSSR count). The second kappa shape index (κ2) is 5.93. The summed E-state index contributed by atoms with van der Waals surface area (Å²) in [4.78, 5) is 11.1. The Labute approximate surface area is 131 Å². The Morgan fingerprint density at radius 3 is 2.95 bits per heavy atom. The van der Waals surface area contributed by atoms with Crippen LogP contribution in [0.25, 0.3) is 11.3 Å². The van der Waals surface area contributed by atoms with E-state index in [4.69, 9.17) is 10.5 Å². The van der Waals surface area contributed by atoms with E-state index in [-0.39, 0.29) is 0 Å². The molecule has 0 saturated heterocycles. The molecule has 0 radical (unpaired) electrons. The lowest BCUT2D eigenvalue weighted by Gasteiger charge is -2.27. The van der Waals surface area contributed by atoms with Crippen LogP contribution in [0.15, 0.2) is 18.3 Å². The van der Waals surface area contributed by atoms with Gasteiger partial charge < -0.3 is 15.4 Å². The lowest BCUT2D eigenvalue weighted by Crippen LogP contribution is -2.27. The third kappa shape index (κ3) is 2.76. The Bertz CT molecular complexity index is 699. The number of benzene rings is 1. The summed E-state index contributed by atoms with van der Waals surface area (Å²) in [5.41, 5.74) is 11.8. The van der Waals surface area contributed by atoms with Gasteiger partial charge >= 0.3 is 0 Å². The molecule has 0 atom stereocenters. The number of aryl methyl sites for hydroxylation is 1. The zero-order valence-electron chi connectivity index (χ0n) is 13.4. The van der Waals surface area contributed by atoms with Crippen molar-refractivity contribution in [3.05, 3.63) is 35.0 Å². The SMILES string of the molecule is CCOc1nc(-c2cc(C)c3c(c2)CN(C)CC3)cnc1N. The summed E-state index contributed by atoms with van der Waals surface area (Å²) < 4.78 is 5.45. The summed E-state index contributed by atoms with van der Waals surface area (Å²) in [5, 5.41) is 0. The second-order valence-corrected chi connectivity index (χ2v) is 5.80. The van der Waals surface area contributed by atoms with E-state index >= 15 is 0 Å². The predicted molar refractivity (Wildman–Crippen MR) is 87.8 cm³/mol. The molecule has 0 bridgehead atoms. The number of ether oxygens (including phenoxy) is 1. The highest BCUT2D eigenvalue weighted by Crippen LogP contribution is 2.29. The predicted octanol–water partition coefficient (Wildman–Crippen LogP) is 2.42. The van der Waals surface area contributed by atoms with E-state index in [0.717, 1.165) is 30.8 Å². The van der Waals surface area contributed by atoms with Crippen LogP contribution in [0.3, 0.4) is 0 Å². The molecular weight excluding hydrogens is 276 g/mol. The van der Waals surface area contributed by atoms with Gasteiger partial charge in [-0.3, -0.25) is 0 Å². The molecular formula is C17H22N4O. The lowest BCUT2D eigenvalue weighted by atomic mass is 9.92. The maximum absolute atomic E-state index is 5.81. The van der Waals surface area contributed by atoms with Crippen molar-refractivity contribution in [2.24, 2.45) is 0 Å². The highest BCUT2D eigenvalue weighted by atomic mass is 16.5. The van der Waals surface area contributed by atoms with E-state index in [9.17, 15) is 0 Å². The van der Waals surface area contributed by atoms with Gasteiger partial charge in [-0.15, -0.1) is 0 Å². The van der Waals surface area contributed by atoms with Crippen molar-refractivity contribution in [3.8, 4) is 17.1 Å². The molecule has 5 nitrogen and oxygen atoms in total. The molecule has 0 unspecified atom stereocenters. The van der Waals surface area contributed by atoms with Gasteiger partial charge in [-0.2, -0.15) is 0 Å². The molecule has 2 aromatic rings. The summed E-state index contributed by atoms with van der Waals surface area (Å²) in [6, 6.07) is 4.40. The van der Waals surface area contributed by atoms with E-state index in [1.165, 1.54) is 16.7 Å². The molecule has 2 N–H and O–H groups in total. The topological polar surface area (TPSA) is 64.3 Å². The molecule has 1 aromatic heterocycles. The number of aromatic nitrogens is 2. The van der Waals surface area contributed by atoms with Crippen LogP contribution >= 0.6 is 0 Å². The summed E-state index contributed by atoms with van der Waals surface area (Å²) in [6.07, 6.45) is 2.82. The monoisotopic (exact) mass is 298 g/mol. The van der Waals surface area contributed by atoms with Gasteiger partial charge in [-0.05, 0) is 56.1 Å². The van der Waals surface area contributed by atoms with Crippen LogP contribution in [0.4, 0.5) is 5.82 Å². The standard InChI is InChI=1S/C17H22N4O/c1-4-22-17-16(18)19-9-15(20-17)12-7-11(2)14-5-6-21(3)10-13(14)8-12/h7-9H,4-6,10H2,1-3H3,(H2,18,19). The normalized spacial score (nSPS) is 14.7. The van der Waals surface area contributed by atoms with E-state index in [1.54, 1.807) is 6.20 Å². The molecule has 1 aliphatic heterocycles. The molecule has 0 aliphatic carbocycles. The van der Waals surface area contributed by atoms with Crippen LogP contribution in [-0.2, 0) is 13.0 Å². The molecule has 1 aliphatic rings. The minimum atomic E-state index is 0.333. The summed E-state index contributed by atoms with van der Waals surface area (Å²) in [6.45, 7) is 6.69. The van der Waals surface area contributed by atoms with E-state index in [0.29, 0.717) is 18.3 Å². The molecule has 2 heterocycles. The fourth-order valence-corrected chi connectivity index (χ4v) is 2.97. The van der Waals surface area contributed by atoms with E-state index in [2.05, 4.69) is 41.0 Å². The fourth-order valence-electron chi connectivity index (χ4n) is 2.97. The molecule has 1 aromatic carbocycles. The number of nitrogen functional groups attached to an aromatic ring is 1. The van der Waals surface area contributed by atoms with Gasteiger partial charge in [0.05, 0.1) is 18.5 Å². The second-order valence-electron chi connectivity index (χ2n) is 5.80. The number of nitrogens with zero attached hydrogens (tertiary/aromatic N) is 3. The number of nitrogens with two attached hydrogens (primary N) is 1. The first-order valence-corrected chi connectivity index (χ1v) is 7.65. The largest absolute Gasteiger partial charge is 0.475 e. The minimum Gasteiger partial charge on any atom is -0.475 e. The Hall–Kier alpha value is -2.14. The maximum Gasteiger partial charge on any atom is 0.257 e. The zero-order chi connectivity index (χ0) is 15.7. The molecule has 0 saturated carbocycles. The van der Waals surface area contributed by atoms with Crippen molar-refractivity contribution in [2.75, 3.05) is 25.9 Å². The Kier molecular flexibility index (Phi) is 3.98. The molecule has 116 valence electrons. The van der Waals surface area contributed by atoms with Crippen LogP contribution in [-0.4, -0.2) is 35.1 Å². The van der Waals surface area contributed by atoms with Gasteiger partial charge in [0.1, 0.15) is 0 Å². The van der Waals surface area contributed by atoms with Crippen molar-refractivity contribution < 1.29 is 4.74 Å². The van der Waals surface area contributed by atoms with E-state index < -0.39 is 0 Å². The first-order chi connectivity index (χ1) is 10.6. The van der Waals surface area contributed by atoms with Gasteiger partial charge in [0.25, 0.3) is 5.88 Å². The first-order valence-electron chi connectivity index (χ1n) is 7.65. The summed E-state index contributed by atoms with van der Waals surface area (Å²) in [7, 11) is 2.15. The van der Waals surface area contributed by atoms with Gasteiger partial charge in [0.15, 0.2) is 5.82 Å². The number of likely N-dealkylation sites (N-methyl/N-ethyl adjacent to an activating group) is 1. The third-order valence-electron chi connectivity index (χ3n) is 4.09. The Balaban J connectivity index is 2.03. The van der Waals surface area contributed by atoms with Crippen molar-refractivity contribution >= 4 is 5.82 Å². The number of fused-ring (bicyclic) bond motifs is 1. The quantitative estimate of drug-likeness (QED) is 0.942. The van der Waals surface area contributed by atoms with Crippen LogP contribution in [0.2, 0.25) is 0 Å². The molecule has 0 spiro atoms. The Morgan fingerprint density at radius 1 is 1.36 bits per heavy atom. The zero-order valence-corrected chi connectivity index (χ0v) is 13.4. The number of anilines is 1. The number of hydrogen-bond donors (Lipinski definition) is 1. The van der Waals surface area contributed by atoms with Gasteiger partial charge in [-0.25, -0.2) is 9.97 Å². The highest BCUT2D eigenvalue weighted by Gasteiger charge is 2.17. The summed E-state index contributed by atoms with van der Waals surface area (Å²) >= 11 is 0. The molecule has 22 heavy (non-hydrogen) atoms. The van der Waals surface area contributed by atoms with Crippen molar-refractivity contribution in [3.63, 3.8) is 0 Å². The van der Waals surface area contributed by atoms with Crippen molar-refractivity contribution in [1.82, 2.24) is 14.9 Å². The number of hydrogen-bond acceptors (Lipinski definition) is 5. The first kappa shape index (κ1) is 14.8. The molecule has 0 amide bonds. The molecule has 0 fully saturated rings. The fraction of sp³-hybridized carbons (Fsp3) is 0.412. The smallest absolute Gasteiger partial charge is 0.257 e. The molecule has 5 heteroatoms. The van der Waals surface area contributed by atoms with Crippen LogP contribution in [0, 0.1) is 6.92 Å². The van der Waals surface area contributed by atoms with Crippen LogP contribution in [0.1, 0.15) is 23.6 Å². The Morgan fingerprint density at radius 2 is 2.18 bits per heavy atom. The van der Waals surface area contributed by atoms with E-state index in [1.807, 2.05) is 6.92 Å². The number of rotatable bonds is 3. The highest BCUT2D eigenvalue weighted by molar-refractivity contribution is 5.64.